The van der Waals surface area contributed by atoms with Crippen LogP contribution in [0, 0.1) is 12.3 Å². The number of terminal acetylenes is 1. The highest BCUT2D eigenvalue weighted by molar-refractivity contribution is 7.89. The Morgan fingerprint density at radius 3 is 2.53 bits per heavy atom. The summed E-state index contributed by atoms with van der Waals surface area (Å²) in [5.41, 5.74) is 1.15. The summed E-state index contributed by atoms with van der Waals surface area (Å²) in [5, 5.41) is 12.0. The summed E-state index contributed by atoms with van der Waals surface area (Å²) in [4.78, 5) is 16.7. The predicted octanol–water partition coefficient (Wildman–Crippen LogP) is 0.536. The van der Waals surface area contributed by atoms with Crippen LogP contribution in [0.25, 0.3) is 5.69 Å². The van der Waals surface area contributed by atoms with E-state index in [1.165, 1.54) is 12.1 Å². The van der Waals surface area contributed by atoms with Gasteiger partial charge in [-0.1, -0.05) is 35.3 Å². The van der Waals surface area contributed by atoms with Gasteiger partial charge >= 0.3 is 0 Å². The molecule has 1 aliphatic rings. The van der Waals surface area contributed by atoms with Crippen LogP contribution >= 0.6 is 0 Å². The molecule has 0 spiro atoms. The van der Waals surface area contributed by atoms with E-state index in [9.17, 15) is 13.2 Å². The highest BCUT2D eigenvalue weighted by atomic mass is 32.2. The largest absolute Gasteiger partial charge is 0.336 e. The number of piperazine rings is 1. The first kappa shape index (κ1) is 21.5. The fourth-order valence-electron chi connectivity index (χ4n) is 3.42. The van der Waals surface area contributed by atoms with E-state index < -0.39 is 10.0 Å². The molecule has 0 aliphatic carbocycles. The van der Waals surface area contributed by atoms with Crippen molar-refractivity contribution < 1.29 is 13.2 Å². The molecular weight excluding hydrogens is 430 g/mol. The fourth-order valence-corrected chi connectivity index (χ4v) is 4.40. The van der Waals surface area contributed by atoms with E-state index in [4.69, 9.17) is 6.42 Å². The molecule has 11 heteroatoms. The summed E-state index contributed by atoms with van der Waals surface area (Å²) < 4.78 is 28.6. The molecule has 1 saturated heterocycles. The van der Waals surface area contributed by atoms with Gasteiger partial charge in [0.15, 0.2) is 0 Å². The number of hydrogen-bond donors (Lipinski definition) is 1. The van der Waals surface area contributed by atoms with Crippen LogP contribution in [-0.4, -0.2) is 72.2 Å². The molecule has 1 amide bonds. The molecule has 2 heterocycles. The molecule has 3 aromatic rings. The summed E-state index contributed by atoms with van der Waals surface area (Å²) in [6.45, 7) is 1.87. The van der Waals surface area contributed by atoms with Crippen LogP contribution < -0.4 is 9.62 Å². The number of tetrazole rings is 1. The second-order valence-corrected chi connectivity index (χ2v) is 8.83. The zero-order valence-corrected chi connectivity index (χ0v) is 17.9. The van der Waals surface area contributed by atoms with Gasteiger partial charge in [-0.25, -0.2) is 8.42 Å². The first-order chi connectivity index (χ1) is 15.5. The maximum Gasteiger partial charge on any atom is 0.254 e. The minimum atomic E-state index is -3.78. The lowest BCUT2D eigenvalue weighted by molar-refractivity contribution is 0.0746. The molecule has 1 aromatic heterocycles. The average molecular weight is 452 g/mol. The van der Waals surface area contributed by atoms with Gasteiger partial charge in [0.2, 0.25) is 16.0 Å². The lowest BCUT2D eigenvalue weighted by Gasteiger charge is -2.34. The summed E-state index contributed by atoms with van der Waals surface area (Å²) in [6.07, 6.45) is 5.12. The van der Waals surface area contributed by atoms with Gasteiger partial charge in [0.25, 0.3) is 5.91 Å². The fraction of sp³-hybridized carbons (Fsp3) is 0.238. The Morgan fingerprint density at radius 2 is 1.81 bits per heavy atom. The lowest BCUT2D eigenvalue weighted by atomic mass is 10.2. The normalized spacial score (nSPS) is 14.2. The lowest BCUT2D eigenvalue weighted by Crippen LogP contribution is -2.49. The van der Waals surface area contributed by atoms with E-state index in [-0.39, 0.29) is 17.3 Å². The Bertz CT molecular complexity index is 1240. The quantitative estimate of drug-likeness (QED) is 0.544. The molecule has 164 valence electrons. The van der Waals surface area contributed by atoms with Crippen LogP contribution in [0.3, 0.4) is 0 Å². The van der Waals surface area contributed by atoms with Gasteiger partial charge in [-0.2, -0.15) is 9.40 Å². The second-order valence-electron chi connectivity index (χ2n) is 7.06. The van der Waals surface area contributed by atoms with Crippen molar-refractivity contribution in [2.45, 2.75) is 4.90 Å². The summed E-state index contributed by atoms with van der Waals surface area (Å²) >= 11 is 0. The number of nitrogens with one attached hydrogen (secondary N) is 1. The Balaban J connectivity index is 1.45. The third-order valence-corrected chi connectivity index (χ3v) is 6.46. The smallest absolute Gasteiger partial charge is 0.254 e. The van der Waals surface area contributed by atoms with Gasteiger partial charge in [0.05, 0.1) is 17.1 Å². The number of para-hydroxylation sites is 1. The third kappa shape index (κ3) is 4.46. The zero-order valence-electron chi connectivity index (χ0n) is 17.1. The Hall–Kier alpha value is -3.75. The average Bonchev–Trinajstić information content (AvgIpc) is 3.33. The second kappa shape index (κ2) is 9.17. The minimum Gasteiger partial charge on any atom is -0.336 e. The van der Waals surface area contributed by atoms with Crippen molar-refractivity contribution in [1.29, 1.82) is 0 Å². The van der Waals surface area contributed by atoms with Crippen molar-refractivity contribution >= 4 is 21.9 Å². The van der Waals surface area contributed by atoms with Crippen LogP contribution in [-0.2, 0) is 10.0 Å². The summed E-state index contributed by atoms with van der Waals surface area (Å²) in [7, 11) is -3.78. The number of sulfonamides is 1. The number of amides is 1. The standard InChI is InChI=1S/C21H21N7O3S/c1-2-11-22-32(30,31)19-10-6-7-17(16-19)20(29)26-12-14-27(15-13-26)21-23-24-25-28(21)18-8-4-3-5-9-18/h1,3-10,16,22H,11-15H2. The first-order valence-corrected chi connectivity index (χ1v) is 11.4. The number of carbonyl (C=O) groups is 1. The number of anilines is 1. The van der Waals surface area contributed by atoms with Crippen LogP contribution in [0.15, 0.2) is 59.5 Å². The van der Waals surface area contributed by atoms with Crippen molar-refractivity contribution in [3.8, 4) is 18.0 Å². The third-order valence-electron chi connectivity index (χ3n) is 5.06. The molecule has 10 nitrogen and oxygen atoms in total. The number of carbonyl (C=O) groups excluding carboxylic acids is 1. The van der Waals surface area contributed by atoms with Gasteiger partial charge < -0.3 is 9.80 Å². The molecule has 0 atom stereocenters. The Labute approximate surface area is 185 Å². The van der Waals surface area contributed by atoms with Crippen molar-refractivity contribution in [3.63, 3.8) is 0 Å². The molecule has 4 rings (SSSR count). The van der Waals surface area contributed by atoms with E-state index in [0.29, 0.717) is 37.7 Å². The van der Waals surface area contributed by atoms with E-state index >= 15 is 0 Å². The van der Waals surface area contributed by atoms with Gasteiger partial charge in [-0.15, -0.1) is 6.42 Å². The minimum absolute atomic E-state index is 0.000673. The van der Waals surface area contributed by atoms with Crippen molar-refractivity contribution in [3.05, 3.63) is 60.2 Å². The number of rotatable bonds is 6. The summed E-state index contributed by atoms with van der Waals surface area (Å²) in [6, 6.07) is 15.5. The van der Waals surface area contributed by atoms with E-state index in [1.807, 2.05) is 35.2 Å². The molecule has 1 aliphatic heterocycles. The molecule has 1 N–H and O–H groups in total. The van der Waals surface area contributed by atoms with Gasteiger partial charge in [-0.05, 0) is 40.8 Å². The monoisotopic (exact) mass is 451 g/mol. The Kier molecular flexibility index (Phi) is 6.16. The van der Waals surface area contributed by atoms with Crippen LogP contribution in [0.2, 0.25) is 0 Å². The van der Waals surface area contributed by atoms with Crippen molar-refractivity contribution in [1.82, 2.24) is 29.8 Å². The van der Waals surface area contributed by atoms with Gasteiger partial charge in [-0.3, -0.25) is 4.79 Å². The van der Waals surface area contributed by atoms with Crippen LogP contribution in [0.4, 0.5) is 5.95 Å². The summed E-state index contributed by atoms with van der Waals surface area (Å²) in [5.74, 6) is 2.60. The zero-order chi connectivity index (χ0) is 22.6. The highest BCUT2D eigenvalue weighted by Gasteiger charge is 2.26. The van der Waals surface area contributed by atoms with E-state index in [1.54, 1.807) is 21.7 Å². The molecule has 2 aromatic carbocycles. The molecule has 0 bridgehead atoms. The van der Waals surface area contributed by atoms with Gasteiger partial charge in [0.1, 0.15) is 0 Å². The molecule has 0 saturated carbocycles. The maximum absolute atomic E-state index is 13.0. The molecule has 0 unspecified atom stereocenters. The number of benzene rings is 2. The van der Waals surface area contributed by atoms with Crippen molar-refractivity contribution in [2.24, 2.45) is 0 Å². The predicted molar refractivity (Wildman–Crippen MR) is 118 cm³/mol. The topological polar surface area (TPSA) is 113 Å². The molecule has 32 heavy (non-hydrogen) atoms. The highest BCUT2D eigenvalue weighted by Crippen LogP contribution is 2.19. The van der Waals surface area contributed by atoms with Crippen LogP contribution in [0.5, 0.6) is 0 Å². The molecular formula is C21H21N7O3S. The van der Waals surface area contributed by atoms with Gasteiger partial charge in [0, 0.05) is 31.7 Å². The van der Waals surface area contributed by atoms with Crippen LogP contribution in [0.1, 0.15) is 10.4 Å². The molecule has 1 fully saturated rings. The SMILES string of the molecule is C#CCNS(=O)(=O)c1cccc(C(=O)N2CCN(c3nnnn3-c3ccccc3)CC2)c1. The number of aromatic nitrogens is 4. The van der Waals surface area contributed by atoms with E-state index in [0.717, 1.165) is 5.69 Å². The van der Waals surface area contributed by atoms with E-state index in [2.05, 4.69) is 26.2 Å². The maximum atomic E-state index is 13.0. The van der Waals surface area contributed by atoms with Crippen molar-refractivity contribution in [2.75, 3.05) is 37.6 Å². The Morgan fingerprint density at radius 1 is 1.06 bits per heavy atom. The number of nitrogens with zero attached hydrogens (tertiary/aromatic N) is 6. The first-order valence-electron chi connectivity index (χ1n) is 9.91. The molecule has 0 radical (unpaired) electrons. The number of hydrogen-bond acceptors (Lipinski definition) is 7.